The molecule has 4 heteroatoms. The molecule has 0 N–H and O–H groups in total. The second-order valence-electron chi connectivity index (χ2n) is 4.36. The van der Waals surface area contributed by atoms with Crippen LogP contribution in [0.15, 0.2) is 12.1 Å². The van der Waals surface area contributed by atoms with Crippen molar-refractivity contribution in [1.82, 2.24) is 0 Å². The molecule has 0 saturated heterocycles. The first-order valence-corrected chi connectivity index (χ1v) is 6.16. The maximum Gasteiger partial charge on any atom is 0.379 e. The van der Waals surface area contributed by atoms with Gasteiger partial charge in [0.15, 0.2) is 0 Å². The fourth-order valence-electron chi connectivity index (χ4n) is 2.24. The third-order valence-electron chi connectivity index (χ3n) is 3.14. The first-order valence-electron chi connectivity index (χ1n) is 6.16. The van der Waals surface area contributed by atoms with Gasteiger partial charge in [0, 0.05) is 0 Å². The Labute approximate surface area is 105 Å². The Morgan fingerprint density at radius 3 is 2.44 bits per heavy atom. The summed E-state index contributed by atoms with van der Waals surface area (Å²) >= 11 is 0. The molecule has 0 unspecified atom stereocenters. The third-order valence-corrected chi connectivity index (χ3v) is 3.14. The molecule has 0 saturated carbocycles. The molecule has 1 aromatic carbocycles. The molecule has 0 bridgehead atoms. The van der Waals surface area contributed by atoms with Gasteiger partial charge in [-0.3, -0.25) is 4.79 Å². The number of ether oxygens (including phenoxy) is 1. The van der Waals surface area contributed by atoms with Crippen molar-refractivity contribution >= 4 is 11.8 Å². The SMILES string of the molecule is CCOC(=O)C(=O)c1cc2c(cc1F)CCCC2. The minimum absolute atomic E-state index is 0.108. The van der Waals surface area contributed by atoms with E-state index >= 15 is 0 Å². The van der Waals surface area contributed by atoms with Gasteiger partial charge in [0.2, 0.25) is 0 Å². The van der Waals surface area contributed by atoms with E-state index in [1.165, 1.54) is 12.1 Å². The lowest BCUT2D eigenvalue weighted by molar-refractivity contribution is -0.137. The Bertz CT molecular complexity index is 494. The van der Waals surface area contributed by atoms with Gasteiger partial charge in [-0.15, -0.1) is 0 Å². The molecule has 0 atom stereocenters. The minimum atomic E-state index is -0.993. The highest BCUT2D eigenvalue weighted by molar-refractivity contribution is 6.40. The predicted octanol–water partition coefficient (Wildman–Crippen LogP) is 2.45. The number of carbonyl (C=O) groups is 2. The molecule has 0 spiro atoms. The van der Waals surface area contributed by atoms with Crippen LogP contribution in [0.5, 0.6) is 0 Å². The van der Waals surface area contributed by atoms with E-state index in [9.17, 15) is 14.0 Å². The Morgan fingerprint density at radius 2 is 1.83 bits per heavy atom. The van der Waals surface area contributed by atoms with Crippen LogP contribution in [0.4, 0.5) is 4.39 Å². The maximum absolute atomic E-state index is 13.8. The molecule has 0 fully saturated rings. The summed E-state index contributed by atoms with van der Waals surface area (Å²) < 4.78 is 18.4. The predicted molar refractivity (Wildman–Crippen MR) is 64.0 cm³/mol. The van der Waals surface area contributed by atoms with E-state index < -0.39 is 17.6 Å². The zero-order valence-corrected chi connectivity index (χ0v) is 10.3. The number of hydrogen-bond acceptors (Lipinski definition) is 3. The molecular formula is C14H15FO3. The van der Waals surface area contributed by atoms with Crippen LogP contribution in [0, 0.1) is 5.82 Å². The summed E-state index contributed by atoms with van der Waals surface area (Å²) in [6, 6.07) is 2.88. The van der Waals surface area contributed by atoms with E-state index in [0.717, 1.165) is 36.8 Å². The van der Waals surface area contributed by atoms with Gasteiger partial charge in [-0.1, -0.05) is 0 Å². The normalized spacial score (nSPS) is 13.9. The zero-order valence-electron chi connectivity index (χ0n) is 10.3. The van der Waals surface area contributed by atoms with Crippen molar-refractivity contribution in [2.45, 2.75) is 32.6 Å². The second kappa shape index (κ2) is 5.29. The van der Waals surface area contributed by atoms with Gasteiger partial charge in [-0.25, -0.2) is 9.18 Å². The summed E-state index contributed by atoms with van der Waals surface area (Å²) in [6.07, 6.45) is 3.74. The minimum Gasteiger partial charge on any atom is -0.460 e. The summed E-state index contributed by atoms with van der Waals surface area (Å²) in [6.45, 7) is 1.71. The number of halogens is 1. The number of benzene rings is 1. The van der Waals surface area contributed by atoms with Gasteiger partial charge < -0.3 is 4.74 Å². The molecule has 96 valence electrons. The van der Waals surface area contributed by atoms with Crippen molar-refractivity contribution in [3.05, 3.63) is 34.6 Å². The van der Waals surface area contributed by atoms with Crippen molar-refractivity contribution in [2.24, 2.45) is 0 Å². The van der Waals surface area contributed by atoms with E-state index in [1.54, 1.807) is 6.92 Å². The van der Waals surface area contributed by atoms with Crippen molar-refractivity contribution < 1.29 is 18.7 Å². The summed E-state index contributed by atoms with van der Waals surface area (Å²) in [4.78, 5) is 23.1. The van der Waals surface area contributed by atoms with E-state index in [2.05, 4.69) is 4.74 Å². The number of carbonyl (C=O) groups excluding carboxylic acids is 2. The zero-order chi connectivity index (χ0) is 13.1. The summed E-state index contributed by atoms with van der Waals surface area (Å²) in [5.74, 6) is -2.52. The molecule has 0 radical (unpaired) electrons. The van der Waals surface area contributed by atoms with Gasteiger partial charge in [0.1, 0.15) is 5.82 Å². The van der Waals surface area contributed by atoms with Crippen LogP contribution in [0.25, 0.3) is 0 Å². The first kappa shape index (κ1) is 12.7. The maximum atomic E-state index is 13.8. The molecule has 3 nitrogen and oxygen atoms in total. The number of Topliss-reactive ketones (excluding diaryl/α,β-unsaturated/α-hetero) is 1. The number of hydrogen-bond donors (Lipinski definition) is 0. The lowest BCUT2D eigenvalue weighted by Gasteiger charge is -2.16. The average molecular weight is 250 g/mol. The van der Waals surface area contributed by atoms with E-state index in [1.807, 2.05) is 0 Å². The molecule has 0 aromatic heterocycles. The van der Waals surface area contributed by atoms with Crippen molar-refractivity contribution in [1.29, 1.82) is 0 Å². The van der Waals surface area contributed by atoms with Crippen LogP contribution in [-0.4, -0.2) is 18.4 Å². The Morgan fingerprint density at radius 1 is 1.22 bits per heavy atom. The number of fused-ring (bicyclic) bond motifs is 1. The monoisotopic (exact) mass is 250 g/mol. The molecule has 2 rings (SSSR count). The largest absolute Gasteiger partial charge is 0.460 e. The number of ketones is 1. The Balaban J connectivity index is 2.33. The Kier molecular flexibility index (Phi) is 3.75. The average Bonchev–Trinajstić information content (AvgIpc) is 2.37. The van der Waals surface area contributed by atoms with Crippen molar-refractivity contribution in [2.75, 3.05) is 6.61 Å². The number of aryl methyl sites for hydroxylation is 2. The van der Waals surface area contributed by atoms with E-state index in [4.69, 9.17) is 0 Å². The van der Waals surface area contributed by atoms with Gasteiger partial charge in [0.05, 0.1) is 12.2 Å². The molecular weight excluding hydrogens is 235 g/mol. The number of rotatable bonds is 3. The highest BCUT2D eigenvalue weighted by Gasteiger charge is 2.23. The van der Waals surface area contributed by atoms with Gasteiger partial charge in [-0.05, 0) is 55.9 Å². The second-order valence-corrected chi connectivity index (χ2v) is 4.36. The molecule has 0 heterocycles. The summed E-state index contributed by atoms with van der Waals surface area (Å²) in [5.41, 5.74) is 1.74. The molecule has 1 aromatic rings. The molecule has 1 aliphatic rings. The fourth-order valence-corrected chi connectivity index (χ4v) is 2.24. The molecule has 0 amide bonds. The summed E-state index contributed by atoms with van der Waals surface area (Å²) in [5, 5.41) is 0. The lowest BCUT2D eigenvalue weighted by Crippen LogP contribution is -2.20. The van der Waals surface area contributed by atoms with Crippen LogP contribution < -0.4 is 0 Å². The molecule has 0 aliphatic heterocycles. The molecule has 18 heavy (non-hydrogen) atoms. The van der Waals surface area contributed by atoms with E-state index in [-0.39, 0.29) is 12.2 Å². The highest BCUT2D eigenvalue weighted by Crippen LogP contribution is 2.24. The van der Waals surface area contributed by atoms with Crippen LogP contribution in [0.1, 0.15) is 41.3 Å². The standard InChI is InChI=1S/C14H15FO3/c1-2-18-14(17)13(16)11-7-9-5-3-4-6-10(9)8-12(11)15/h7-8H,2-6H2,1H3. The van der Waals surface area contributed by atoms with Crippen LogP contribution in [0.3, 0.4) is 0 Å². The highest BCUT2D eigenvalue weighted by atomic mass is 19.1. The lowest BCUT2D eigenvalue weighted by atomic mass is 9.89. The first-order chi connectivity index (χ1) is 8.63. The number of esters is 1. The topological polar surface area (TPSA) is 43.4 Å². The smallest absolute Gasteiger partial charge is 0.379 e. The van der Waals surface area contributed by atoms with E-state index in [0.29, 0.717) is 0 Å². The molecule has 1 aliphatic carbocycles. The summed E-state index contributed by atoms with van der Waals surface area (Å²) in [7, 11) is 0. The van der Waals surface area contributed by atoms with Crippen molar-refractivity contribution in [3.63, 3.8) is 0 Å². The quantitative estimate of drug-likeness (QED) is 0.470. The van der Waals surface area contributed by atoms with Crippen LogP contribution in [-0.2, 0) is 22.4 Å². The van der Waals surface area contributed by atoms with Crippen LogP contribution in [0.2, 0.25) is 0 Å². The van der Waals surface area contributed by atoms with Crippen LogP contribution >= 0.6 is 0 Å². The third kappa shape index (κ3) is 2.42. The van der Waals surface area contributed by atoms with Gasteiger partial charge >= 0.3 is 5.97 Å². The fraction of sp³-hybridized carbons (Fsp3) is 0.429. The van der Waals surface area contributed by atoms with Crippen molar-refractivity contribution in [3.8, 4) is 0 Å². The Hall–Kier alpha value is -1.71. The van der Waals surface area contributed by atoms with Gasteiger partial charge in [-0.2, -0.15) is 0 Å². The van der Waals surface area contributed by atoms with Gasteiger partial charge in [0.25, 0.3) is 5.78 Å².